The zero-order valence-electron chi connectivity index (χ0n) is 16.7. The van der Waals surface area contributed by atoms with Gasteiger partial charge in [-0.2, -0.15) is 0 Å². The second-order valence-corrected chi connectivity index (χ2v) is 9.36. The molecular weight excluding hydrogens is 426 g/mol. The second kappa shape index (κ2) is 8.49. The van der Waals surface area contributed by atoms with Gasteiger partial charge in [0, 0.05) is 15.8 Å². The SMILES string of the molecule is C[C@@H](Sc1nnc2c3ccccc3nc(-c3ccccc3)n12)C(=O)NCc1cccs1. The molecule has 1 atom stereocenters. The molecule has 1 amide bonds. The summed E-state index contributed by atoms with van der Waals surface area (Å²) in [5, 5.41) is 15.1. The topological polar surface area (TPSA) is 72.2 Å². The molecule has 6 nitrogen and oxygen atoms in total. The number of carbonyl (C=O) groups excluding carboxylic acids is 1. The van der Waals surface area contributed by atoms with E-state index in [2.05, 4.69) is 15.5 Å². The number of thiophene rings is 1. The molecule has 1 N–H and O–H groups in total. The van der Waals surface area contributed by atoms with Gasteiger partial charge in [0.1, 0.15) is 5.82 Å². The molecule has 0 radical (unpaired) electrons. The fraction of sp³-hybridized carbons (Fsp3) is 0.130. The number of para-hydroxylation sites is 1. The van der Waals surface area contributed by atoms with E-state index in [4.69, 9.17) is 4.98 Å². The van der Waals surface area contributed by atoms with Crippen LogP contribution in [0, 0.1) is 0 Å². The van der Waals surface area contributed by atoms with Crippen LogP contribution >= 0.6 is 23.1 Å². The number of thioether (sulfide) groups is 1. The molecule has 8 heteroatoms. The van der Waals surface area contributed by atoms with E-state index in [1.165, 1.54) is 11.8 Å². The van der Waals surface area contributed by atoms with E-state index in [0.29, 0.717) is 11.7 Å². The number of fused-ring (bicyclic) bond motifs is 3. The molecule has 0 aliphatic heterocycles. The highest BCUT2D eigenvalue weighted by molar-refractivity contribution is 8.00. The van der Waals surface area contributed by atoms with Gasteiger partial charge < -0.3 is 5.32 Å². The van der Waals surface area contributed by atoms with Crippen molar-refractivity contribution in [2.75, 3.05) is 0 Å². The van der Waals surface area contributed by atoms with Crippen molar-refractivity contribution in [1.29, 1.82) is 0 Å². The summed E-state index contributed by atoms with van der Waals surface area (Å²) in [5.74, 6) is 0.721. The fourth-order valence-corrected chi connectivity index (χ4v) is 4.88. The van der Waals surface area contributed by atoms with Crippen LogP contribution in [-0.4, -0.2) is 30.7 Å². The van der Waals surface area contributed by atoms with Gasteiger partial charge in [-0.25, -0.2) is 4.98 Å². The quantitative estimate of drug-likeness (QED) is 0.380. The Bertz CT molecular complexity index is 1350. The van der Waals surface area contributed by atoms with Crippen molar-refractivity contribution in [2.24, 2.45) is 0 Å². The molecule has 0 spiro atoms. The number of benzene rings is 2. The highest BCUT2D eigenvalue weighted by Gasteiger charge is 2.21. The number of nitrogens with one attached hydrogen (secondary N) is 1. The summed E-state index contributed by atoms with van der Waals surface area (Å²) < 4.78 is 1.95. The molecule has 2 aromatic carbocycles. The van der Waals surface area contributed by atoms with Crippen molar-refractivity contribution < 1.29 is 4.79 Å². The van der Waals surface area contributed by atoms with Crippen LogP contribution in [-0.2, 0) is 11.3 Å². The lowest BCUT2D eigenvalue weighted by atomic mass is 10.2. The monoisotopic (exact) mass is 445 g/mol. The van der Waals surface area contributed by atoms with E-state index >= 15 is 0 Å². The second-order valence-electron chi connectivity index (χ2n) is 7.02. The molecule has 0 aliphatic rings. The van der Waals surface area contributed by atoms with E-state index in [0.717, 1.165) is 32.8 Å². The summed E-state index contributed by atoms with van der Waals surface area (Å²) in [7, 11) is 0. The standard InChI is InChI=1S/C23H19N5OS2/c1-15(22(29)24-14-17-10-7-13-30-17)31-23-27-26-21-18-11-5-6-12-19(18)25-20(28(21)23)16-8-3-2-4-9-16/h2-13,15H,14H2,1H3,(H,24,29)/t15-/m1/s1. The summed E-state index contributed by atoms with van der Waals surface area (Å²) in [6.45, 7) is 2.41. The minimum Gasteiger partial charge on any atom is -0.350 e. The lowest BCUT2D eigenvalue weighted by molar-refractivity contribution is -0.120. The Labute approximate surface area is 187 Å². The van der Waals surface area contributed by atoms with E-state index in [1.807, 2.05) is 83.4 Å². The molecule has 0 fully saturated rings. The van der Waals surface area contributed by atoms with Gasteiger partial charge in [-0.15, -0.1) is 21.5 Å². The van der Waals surface area contributed by atoms with Crippen LogP contribution in [0.1, 0.15) is 11.8 Å². The first kappa shape index (κ1) is 19.7. The van der Waals surface area contributed by atoms with Crippen LogP contribution in [0.3, 0.4) is 0 Å². The number of amides is 1. The molecule has 31 heavy (non-hydrogen) atoms. The van der Waals surface area contributed by atoms with E-state index < -0.39 is 0 Å². The van der Waals surface area contributed by atoms with E-state index in [-0.39, 0.29) is 11.2 Å². The lowest BCUT2D eigenvalue weighted by Gasteiger charge is -2.12. The fourth-order valence-electron chi connectivity index (χ4n) is 3.36. The van der Waals surface area contributed by atoms with Crippen molar-refractivity contribution >= 4 is 45.6 Å². The van der Waals surface area contributed by atoms with Crippen molar-refractivity contribution in [3.8, 4) is 11.4 Å². The van der Waals surface area contributed by atoms with Gasteiger partial charge in [-0.05, 0) is 30.5 Å². The Kier molecular flexibility index (Phi) is 5.40. The summed E-state index contributed by atoms with van der Waals surface area (Å²) in [4.78, 5) is 18.7. The normalized spacial score (nSPS) is 12.3. The third-order valence-corrected chi connectivity index (χ3v) is 6.84. The van der Waals surface area contributed by atoms with Crippen LogP contribution in [0.2, 0.25) is 0 Å². The first-order chi connectivity index (χ1) is 15.2. The first-order valence-corrected chi connectivity index (χ1v) is 11.6. The zero-order chi connectivity index (χ0) is 21.2. The van der Waals surface area contributed by atoms with Crippen molar-refractivity contribution in [3.63, 3.8) is 0 Å². The molecule has 5 rings (SSSR count). The Morgan fingerprint density at radius 2 is 1.87 bits per heavy atom. The van der Waals surface area contributed by atoms with Crippen LogP contribution in [0.15, 0.2) is 77.3 Å². The maximum absolute atomic E-state index is 12.7. The van der Waals surface area contributed by atoms with Crippen molar-refractivity contribution in [2.45, 2.75) is 23.9 Å². The van der Waals surface area contributed by atoms with Gasteiger partial charge in [-0.3, -0.25) is 9.20 Å². The number of rotatable bonds is 6. The third-order valence-electron chi connectivity index (χ3n) is 4.92. The smallest absolute Gasteiger partial charge is 0.233 e. The number of nitrogens with zero attached hydrogens (tertiary/aromatic N) is 4. The highest BCUT2D eigenvalue weighted by atomic mass is 32.2. The largest absolute Gasteiger partial charge is 0.350 e. The Morgan fingerprint density at radius 1 is 1.06 bits per heavy atom. The summed E-state index contributed by atoms with van der Waals surface area (Å²) in [6, 6.07) is 21.9. The van der Waals surface area contributed by atoms with Gasteiger partial charge >= 0.3 is 0 Å². The lowest BCUT2D eigenvalue weighted by Crippen LogP contribution is -2.30. The van der Waals surface area contributed by atoms with Crippen LogP contribution < -0.4 is 5.32 Å². The summed E-state index contributed by atoms with van der Waals surface area (Å²) in [6.07, 6.45) is 0. The Morgan fingerprint density at radius 3 is 2.68 bits per heavy atom. The van der Waals surface area contributed by atoms with Gasteiger partial charge in [0.2, 0.25) is 5.91 Å². The maximum atomic E-state index is 12.7. The number of hydrogen-bond acceptors (Lipinski definition) is 6. The predicted octanol–water partition coefficient (Wildman–Crippen LogP) is 4.80. The van der Waals surface area contributed by atoms with Crippen LogP contribution in [0.5, 0.6) is 0 Å². The minimum absolute atomic E-state index is 0.0369. The Balaban J connectivity index is 1.51. The maximum Gasteiger partial charge on any atom is 0.233 e. The molecular formula is C23H19N5OS2. The summed E-state index contributed by atoms with van der Waals surface area (Å²) in [5.41, 5.74) is 2.56. The predicted molar refractivity (Wildman–Crippen MR) is 125 cm³/mol. The van der Waals surface area contributed by atoms with Crippen molar-refractivity contribution in [3.05, 3.63) is 77.0 Å². The average molecular weight is 446 g/mol. The molecule has 3 aromatic heterocycles. The van der Waals surface area contributed by atoms with E-state index in [9.17, 15) is 4.79 Å². The minimum atomic E-state index is -0.331. The summed E-state index contributed by atoms with van der Waals surface area (Å²) >= 11 is 3.01. The number of hydrogen-bond donors (Lipinski definition) is 1. The van der Waals surface area contributed by atoms with E-state index in [1.54, 1.807) is 11.3 Å². The zero-order valence-corrected chi connectivity index (χ0v) is 18.4. The molecule has 0 aliphatic carbocycles. The molecule has 3 heterocycles. The van der Waals surface area contributed by atoms with Crippen LogP contribution in [0.4, 0.5) is 0 Å². The molecule has 0 bridgehead atoms. The van der Waals surface area contributed by atoms with Gasteiger partial charge in [-0.1, -0.05) is 60.3 Å². The molecule has 0 saturated heterocycles. The number of carbonyl (C=O) groups is 1. The molecule has 154 valence electrons. The highest BCUT2D eigenvalue weighted by Crippen LogP contribution is 2.30. The average Bonchev–Trinajstić information content (AvgIpc) is 3.48. The third kappa shape index (κ3) is 3.92. The van der Waals surface area contributed by atoms with Crippen molar-refractivity contribution in [1.82, 2.24) is 24.9 Å². The van der Waals surface area contributed by atoms with Gasteiger partial charge in [0.05, 0.1) is 17.3 Å². The van der Waals surface area contributed by atoms with Crippen LogP contribution in [0.25, 0.3) is 27.9 Å². The molecule has 0 unspecified atom stereocenters. The number of aromatic nitrogens is 4. The van der Waals surface area contributed by atoms with Gasteiger partial charge in [0.15, 0.2) is 10.8 Å². The Hall–Kier alpha value is -3.23. The molecule has 5 aromatic rings. The van der Waals surface area contributed by atoms with Gasteiger partial charge in [0.25, 0.3) is 0 Å². The molecule has 0 saturated carbocycles. The first-order valence-electron chi connectivity index (χ1n) is 9.87.